The number of aromatic nitrogens is 6. The lowest BCUT2D eigenvalue weighted by molar-refractivity contribution is 0.661. The molecule has 0 aliphatic rings. The summed E-state index contributed by atoms with van der Waals surface area (Å²) in [7, 11) is 1.91. The molecule has 3 aromatic rings. The number of nitrogens with zero attached hydrogens (tertiary/aromatic N) is 5. The van der Waals surface area contributed by atoms with Gasteiger partial charge in [-0.1, -0.05) is 0 Å². The van der Waals surface area contributed by atoms with Crippen LogP contribution in [0.25, 0.3) is 16.9 Å². The molecule has 0 radical (unpaired) electrons. The second-order valence-corrected chi connectivity index (χ2v) is 5.03. The van der Waals surface area contributed by atoms with Gasteiger partial charge in [0, 0.05) is 19.8 Å². The number of aryl methyl sites for hydroxylation is 4. The van der Waals surface area contributed by atoms with Crippen molar-refractivity contribution in [2.45, 2.75) is 27.3 Å². The highest BCUT2D eigenvalue weighted by atomic mass is 32.1. The molecular weight excluding hydrogens is 260 g/mol. The van der Waals surface area contributed by atoms with Gasteiger partial charge < -0.3 is 4.98 Å². The summed E-state index contributed by atoms with van der Waals surface area (Å²) in [6.45, 7) is 6.84. The van der Waals surface area contributed by atoms with Gasteiger partial charge in [0.15, 0.2) is 10.4 Å². The Kier molecular flexibility index (Phi) is 2.60. The number of nitrogens with one attached hydrogen (secondary N) is 1. The lowest BCUT2D eigenvalue weighted by Crippen LogP contribution is -2.04. The normalized spacial score (nSPS) is 11.6. The fraction of sp³-hybridized carbons (Fsp3) is 0.417. The van der Waals surface area contributed by atoms with Crippen LogP contribution in [0.1, 0.15) is 18.3 Å². The quantitative estimate of drug-likeness (QED) is 0.730. The zero-order valence-electron chi connectivity index (χ0n) is 11.4. The van der Waals surface area contributed by atoms with Crippen molar-refractivity contribution >= 4 is 23.4 Å². The van der Waals surface area contributed by atoms with Gasteiger partial charge in [-0.25, -0.2) is 4.68 Å². The molecule has 0 aromatic carbocycles. The van der Waals surface area contributed by atoms with Crippen LogP contribution in [0.3, 0.4) is 0 Å². The molecule has 0 saturated carbocycles. The van der Waals surface area contributed by atoms with E-state index in [2.05, 4.69) is 22.1 Å². The van der Waals surface area contributed by atoms with Gasteiger partial charge in [-0.05, 0) is 33.0 Å². The minimum atomic E-state index is 0.675. The van der Waals surface area contributed by atoms with Crippen LogP contribution in [0.4, 0.5) is 0 Å². The summed E-state index contributed by atoms with van der Waals surface area (Å²) in [5, 5.41) is 8.91. The van der Waals surface area contributed by atoms with Crippen molar-refractivity contribution in [1.29, 1.82) is 0 Å². The molecule has 6 nitrogen and oxygen atoms in total. The van der Waals surface area contributed by atoms with Gasteiger partial charge in [-0.2, -0.15) is 10.2 Å². The predicted molar refractivity (Wildman–Crippen MR) is 76.2 cm³/mol. The number of hydrogen-bond donors (Lipinski definition) is 1. The first kappa shape index (κ1) is 12.2. The van der Waals surface area contributed by atoms with E-state index in [-0.39, 0.29) is 0 Å². The third kappa shape index (κ3) is 1.65. The molecule has 3 aromatic heterocycles. The summed E-state index contributed by atoms with van der Waals surface area (Å²) in [5.74, 6) is 0. The lowest BCUT2D eigenvalue weighted by atomic mass is 10.4. The van der Waals surface area contributed by atoms with Crippen LogP contribution >= 0.6 is 12.2 Å². The molecule has 3 rings (SSSR count). The first-order valence-corrected chi connectivity index (χ1v) is 6.62. The van der Waals surface area contributed by atoms with Crippen LogP contribution in [0.15, 0.2) is 6.20 Å². The molecule has 0 saturated heterocycles. The van der Waals surface area contributed by atoms with Gasteiger partial charge in [-0.3, -0.25) is 9.25 Å². The Bertz CT molecular complexity index is 815. The molecule has 0 aliphatic carbocycles. The van der Waals surface area contributed by atoms with Crippen LogP contribution in [0.2, 0.25) is 0 Å². The minimum Gasteiger partial charge on any atom is -0.327 e. The van der Waals surface area contributed by atoms with Crippen LogP contribution in [0.5, 0.6) is 0 Å². The number of imidazole rings is 1. The van der Waals surface area contributed by atoms with Gasteiger partial charge >= 0.3 is 0 Å². The van der Waals surface area contributed by atoms with Crippen molar-refractivity contribution in [1.82, 2.24) is 29.1 Å². The van der Waals surface area contributed by atoms with E-state index in [1.807, 2.05) is 36.3 Å². The summed E-state index contributed by atoms with van der Waals surface area (Å²) >= 11 is 5.45. The zero-order valence-corrected chi connectivity index (χ0v) is 12.2. The van der Waals surface area contributed by atoms with Gasteiger partial charge in [0.2, 0.25) is 0 Å². The van der Waals surface area contributed by atoms with Crippen molar-refractivity contribution in [3.05, 3.63) is 22.4 Å². The van der Waals surface area contributed by atoms with Gasteiger partial charge in [0.1, 0.15) is 5.52 Å². The number of aromatic amines is 1. The van der Waals surface area contributed by atoms with Crippen LogP contribution in [0, 0.1) is 18.6 Å². The van der Waals surface area contributed by atoms with Crippen LogP contribution in [-0.4, -0.2) is 29.1 Å². The maximum Gasteiger partial charge on any atom is 0.184 e. The second-order valence-electron chi connectivity index (χ2n) is 4.64. The molecule has 100 valence electrons. The monoisotopic (exact) mass is 276 g/mol. The molecule has 0 fully saturated rings. The average molecular weight is 276 g/mol. The highest BCUT2D eigenvalue weighted by Crippen LogP contribution is 2.23. The molecule has 19 heavy (non-hydrogen) atoms. The molecule has 7 heteroatoms. The lowest BCUT2D eigenvalue weighted by Gasteiger charge is -2.04. The highest BCUT2D eigenvalue weighted by Gasteiger charge is 2.17. The number of rotatable bonds is 2. The molecule has 1 N–H and O–H groups in total. The van der Waals surface area contributed by atoms with Crippen LogP contribution < -0.4 is 0 Å². The first-order chi connectivity index (χ1) is 9.02. The maximum atomic E-state index is 5.45. The number of H-pyrrole nitrogens is 1. The van der Waals surface area contributed by atoms with Gasteiger partial charge in [0.25, 0.3) is 0 Å². The summed E-state index contributed by atoms with van der Waals surface area (Å²) in [6, 6.07) is 0. The molecule has 0 amide bonds. The molecule has 0 bridgehead atoms. The van der Waals surface area contributed by atoms with Gasteiger partial charge in [-0.15, -0.1) is 0 Å². The van der Waals surface area contributed by atoms with E-state index < -0.39 is 0 Å². The van der Waals surface area contributed by atoms with Crippen LogP contribution in [-0.2, 0) is 13.6 Å². The SMILES string of the molecule is CCn1nc(C)c2[nH]c(=S)n(-c3cn(C)nc3C)c21. The van der Waals surface area contributed by atoms with E-state index in [1.54, 1.807) is 4.68 Å². The second kappa shape index (κ2) is 4.06. The van der Waals surface area contributed by atoms with Crippen molar-refractivity contribution in [2.75, 3.05) is 0 Å². The largest absolute Gasteiger partial charge is 0.327 e. The van der Waals surface area contributed by atoms with E-state index >= 15 is 0 Å². The Morgan fingerprint density at radius 3 is 2.58 bits per heavy atom. The summed E-state index contributed by atoms with van der Waals surface area (Å²) in [6.07, 6.45) is 1.97. The van der Waals surface area contributed by atoms with Gasteiger partial charge in [0.05, 0.1) is 17.1 Å². The third-order valence-corrected chi connectivity index (χ3v) is 3.56. The van der Waals surface area contributed by atoms with E-state index in [4.69, 9.17) is 12.2 Å². The Labute approximate surface area is 115 Å². The Morgan fingerprint density at radius 1 is 1.26 bits per heavy atom. The maximum absolute atomic E-state index is 5.45. The molecule has 0 unspecified atom stereocenters. The Hall–Kier alpha value is -1.89. The van der Waals surface area contributed by atoms with Crippen molar-refractivity contribution < 1.29 is 0 Å². The molecule has 0 spiro atoms. The topological polar surface area (TPSA) is 56.4 Å². The van der Waals surface area contributed by atoms with E-state index in [1.165, 1.54) is 0 Å². The number of hydrogen-bond acceptors (Lipinski definition) is 3. The molecule has 3 heterocycles. The summed E-state index contributed by atoms with van der Waals surface area (Å²) in [5.41, 5.74) is 4.90. The zero-order chi connectivity index (χ0) is 13.7. The predicted octanol–water partition coefficient (Wildman–Crippen LogP) is 2.25. The summed E-state index contributed by atoms with van der Waals surface area (Å²) in [4.78, 5) is 3.24. The van der Waals surface area contributed by atoms with Crippen molar-refractivity contribution in [3.63, 3.8) is 0 Å². The smallest absolute Gasteiger partial charge is 0.184 e. The average Bonchev–Trinajstić information content (AvgIpc) is 2.94. The van der Waals surface area contributed by atoms with Crippen molar-refractivity contribution in [2.24, 2.45) is 7.05 Å². The molecule has 0 atom stereocenters. The fourth-order valence-corrected chi connectivity index (χ4v) is 2.74. The number of fused-ring (bicyclic) bond motifs is 1. The Balaban J connectivity index is 2.43. The Morgan fingerprint density at radius 2 is 2.00 bits per heavy atom. The minimum absolute atomic E-state index is 0.675. The molecule has 0 aliphatic heterocycles. The van der Waals surface area contributed by atoms with Crippen molar-refractivity contribution in [3.8, 4) is 5.69 Å². The van der Waals surface area contributed by atoms with E-state index in [0.29, 0.717) is 4.77 Å². The molecular formula is C12H16N6S. The first-order valence-electron chi connectivity index (χ1n) is 6.21. The van der Waals surface area contributed by atoms with E-state index in [9.17, 15) is 0 Å². The highest BCUT2D eigenvalue weighted by molar-refractivity contribution is 7.71. The standard InChI is InChI=1S/C12H16N6S/c1-5-17-11-10(8(3)15-17)13-12(19)18(11)9-6-16(4)14-7(9)2/h6H,5H2,1-4H3,(H,13,19). The summed E-state index contributed by atoms with van der Waals surface area (Å²) < 4.78 is 6.44. The van der Waals surface area contributed by atoms with E-state index in [0.717, 1.165) is 34.8 Å². The third-order valence-electron chi connectivity index (χ3n) is 3.28. The fourth-order valence-electron chi connectivity index (χ4n) is 2.45.